The van der Waals surface area contributed by atoms with E-state index in [0.717, 1.165) is 25.9 Å². The van der Waals surface area contributed by atoms with Gasteiger partial charge in [-0.2, -0.15) is 0 Å². The van der Waals surface area contributed by atoms with Crippen LogP contribution in [0.5, 0.6) is 0 Å². The van der Waals surface area contributed by atoms with E-state index in [0.29, 0.717) is 37.3 Å². The summed E-state index contributed by atoms with van der Waals surface area (Å²) in [6.45, 7) is 4.39. The second kappa shape index (κ2) is 7.63. The highest BCUT2D eigenvalue weighted by atomic mass is 16.6. The Morgan fingerprint density at radius 3 is 2.39 bits per heavy atom. The highest BCUT2D eigenvalue weighted by Gasteiger charge is 2.27. The number of rotatable bonds is 3. The second-order valence-corrected chi connectivity index (χ2v) is 7.28. The van der Waals surface area contributed by atoms with Crippen LogP contribution >= 0.6 is 0 Å². The maximum absolute atomic E-state index is 12.6. The lowest BCUT2D eigenvalue weighted by Crippen LogP contribution is -2.54. The molecule has 0 bridgehead atoms. The van der Waals surface area contributed by atoms with Crippen LogP contribution in [0.15, 0.2) is 27.4 Å². The predicted molar refractivity (Wildman–Crippen MR) is 101 cm³/mol. The van der Waals surface area contributed by atoms with E-state index in [2.05, 4.69) is 4.90 Å². The third kappa shape index (κ3) is 3.59. The summed E-state index contributed by atoms with van der Waals surface area (Å²) in [4.78, 5) is 41.2. The molecule has 2 fully saturated rings. The van der Waals surface area contributed by atoms with Crippen molar-refractivity contribution in [1.82, 2.24) is 19.3 Å². The molecule has 4 rings (SSSR count). The van der Waals surface area contributed by atoms with Gasteiger partial charge < -0.3 is 14.2 Å². The number of carbonyl (C=O) groups is 1. The number of oxazole rings is 1. The molecule has 0 radical (unpaired) electrons. The second-order valence-electron chi connectivity index (χ2n) is 7.28. The lowest BCUT2D eigenvalue weighted by molar-refractivity contribution is -0.384. The van der Waals surface area contributed by atoms with Gasteiger partial charge in [-0.1, -0.05) is 0 Å². The minimum Gasteiger partial charge on any atom is -0.408 e. The number of carbonyl (C=O) groups excluding carboxylic acids is 1. The first kappa shape index (κ1) is 18.5. The Bertz CT molecular complexity index is 937. The topological polar surface area (TPSA) is 105 Å². The van der Waals surface area contributed by atoms with Crippen LogP contribution in [0.1, 0.15) is 19.3 Å². The normalized spacial score (nSPS) is 18.6. The molecule has 0 unspecified atom stereocenters. The number of nitro groups is 1. The van der Waals surface area contributed by atoms with E-state index in [9.17, 15) is 19.7 Å². The molecule has 1 aromatic carbocycles. The number of piperidine rings is 1. The van der Waals surface area contributed by atoms with Gasteiger partial charge in [0, 0.05) is 51.4 Å². The molecular weight excluding hydrogens is 366 g/mol. The number of hydrogen-bond donors (Lipinski definition) is 0. The van der Waals surface area contributed by atoms with Crippen LogP contribution < -0.4 is 5.76 Å². The largest absolute Gasteiger partial charge is 0.421 e. The molecular formula is C18H23N5O5. The quantitative estimate of drug-likeness (QED) is 0.584. The molecule has 0 N–H and O–H groups in total. The third-order valence-corrected chi connectivity index (χ3v) is 5.47. The van der Waals surface area contributed by atoms with E-state index in [1.165, 1.54) is 29.2 Å². The fourth-order valence-electron chi connectivity index (χ4n) is 3.86. The molecule has 2 aliphatic heterocycles. The zero-order valence-electron chi connectivity index (χ0n) is 15.6. The SMILES string of the molecule is O=C(N1CCCCC1)N1CCN(Cn2c(=O)oc3ccc([N+](=O)[O-])cc32)CC1. The van der Waals surface area contributed by atoms with Crippen molar-refractivity contribution in [2.24, 2.45) is 0 Å². The number of benzene rings is 1. The molecule has 28 heavy (non-hydrogen) atoms. The highest BCUT2D eigenvalue weighted by molar-refractivity contribution is 5.76. The van der Waals surface area contributed by atoms with E-state index < -0.39 is 10.7 Å². The van der Waals surface area contributed by atoms with Gasteiger partial charge in [0.1, 0.15) is 0 Å². The molecule has 2 saturated heterocycles. The summed E-state index contributed by atoms with van der Waals surface area (Å²) >= 11 is 0. The molecule has 0 aliphatic carbocycles. The first-order chi connectivity index (χ1) is 13.5. The first-order valence-corrected chi connectivity index (χ1v) is 9.57. The van der Waals surface area contributed by atoms with E-state index in [-0.39, 0.29) is 18.4 Å². The van der Waals surface area contributed by atoms with Gasteiger partial charge in [-0.15, -0.1) is 0 Å². The van der Waals surface area contributed by atoms with Gasteiger partial charge in [-0.3, -0.25) is 19.6 Å². The Morgan fingerprint density at radius 1 is 1.04 bits per heavy atom. The van der Waals surface area contributed by atoms with Crippen molar-refractivity contribution in [3.05, 3.63) is 38.9 Å². The van der Waals surface area contributed by atoms with Gasteiger partial charge >= 0.3 is 11.8 Å². The highest BCUT2D eigenvalue weighted by Crippen LogP contribution is 2.21. The number of likely N-dealkylation sites (tertiary alicyclic amines) is 1. The molecule has 10 nitrogen and oxygen atoms in total. The molecule has 1 aromatic heterocycles. The van der Waals surface area contributed by atoms with Crippen molar-refractivity contribution in [3.8, 4) is 0 Å². The Hall–Kier alpha value is -2.88. The van der Waals surface area contributed by atoms with Crippen LogP contribution in [0.4, 0.5) is 10.5 Å². The minimum absolute atomic E-state index is 0.0843. The number of non-ortho nitro benzene ring substituents is 1. The van der Waals surface area contributed by atoms with Crippen molar-refractivity contribution in [3.63, 3.8) is 0 Å². The number of aromatic nitrogens is 1. The average molecular weight is 389 g/mol. The molecule has 2 aliphatic rings. The Morgan fingerprint density at radius 2 is 1.71 bits per heavy atom. The van der Waals surface area contributed by atoms with Gasteiger partial charge in [0.15, 0.2) is 5.58 Å². The Kier molecular flexibility index (Phi) is 5.03. The molecule has 10 heteroatoms. The summed E-state index contributed by atoms with van der Waals surface area (Å²) in [5.41, 5.74) is 0.652. The number of hydrogen-bond acceptors (Lipinski definition) is 6. The summed E-state index contributed by atoms with van der Waals surface area (Å²) in [6, 6.07) is 4.22. The Labute approximate surface area is 161 Å². The lowest BCUT2D eigenvalue weighted by Gasteiger charge is -2.38. The van der Waals surface area contributed by atoms with Crippen LogP contribution in [0, 0.1) is 10.1 Å². The number of nitrogens with zero attached hydrogens (tertiary/aromatic N) is 5. The van der Waals surface area contributed by atoms with Crippen LogP contribution in [0.25, 0.3) is 11.1 Å². The number of piperazine rings is 1. The number of nitro benzene ring substituents is 1. The zero-order valence-corrected chi connectivity index (χ0v) is 15.6. The number of urea groups is 1. The standard InChI is InChI=1S/C18H23N5O5/c24-17(20-6-2-1-3-7-20)21-10-8-19(9-11-21)13-22-15-12-14(23(26)27)4-5-16(15)28-18(22)25/h4-5,12H,1-3,6-11,13H2. The van der Waals surface area contributed by atoms with Crippen LogP contribution in [-0.2, 0) is 6.67 Å². The van der Waals surface area contributed by atoms with Crippen molar-refractivity contribution in [2.75, 3.05) is 39.3 Å². The smallest absolute Gasteiger partial charge is 0.408 e. The van der Waals surface area contributed by atoms with Gasteiger partial charge in [0.05, 0.1) is 17.1 Å². The molecule has 0 spiro atoms. The molecule has 3 heterocycles. The van der Waals surface area contributed by atoms with Crippen LogP contribution in [0.3, 0.4) is 0 Å². The van der Waals surface area contributed by atoms with Crippen molar-refractivity contribution >= 4 is 22.8 Å². The number of fused-ring (bicyclic) bond motifs is 1. The average Bonchev–Trinajstić information content (AvgIpc) is 3.03. The summed E-state index contributed by atoms with van der Waals surface area (Å²) in [6.07, 6.45) is 3.31. The van der Waals surface area contributed by atoms with Crippen molar-refractivity contribution in [1.29, 1.82) is 0 Å². The predicted octanol–water partition coefficient (Wildman–Crippen LogP) is 1.68. The van der Waals surface area contributed by atoms with Gasteiger partial charge in [0.2, 0.25) is 0 Å². The third-order valence-electron chi connectivity index (χ3n) is 5.47. The zero-order chi connectivity index (χ0) is 19.7. The monoisotopic (exact) mass is 389 g/mol. The first-order valence-electron chi connectivity index (χ1n) is 9.57. The van der Waals surface area contributed by atoms with Gasteiger partial charge in [-0.05, 0) is 25.3 Å². The van der Waals surface area contributed by atoms with E-state index in [1.54, 1.807) is 0 Å². The Balaban J connectivity index is 1.43. The van der Waals surface area contributed by atoms with E-state index in [1.807, 2.05) is 9.80 Å². The number of amides is 2. The summed E-state index contributed by atoms with van der Waals surface area (Å²) in [5.74, 6) is -0.540. The molecule has 2 amide bonds. The summed E-state index contributed by atoms with van der Waals surface area (Å²) in [7, 11) is 0. The fraction of sp³-hybridized carbons (Fsp3) is 0.556. The van der Waals surface area contributed by atoms with E-state index in [4.69, 9.17) is 4.42 Å². The van der Waals surface area contributed by atoms with Gasteiger partial charge in [0.25, 0.3) is 5.69 Å². The lowest BCUT2D eigenvalue weighted by atomic mass is 10.1. The van der Waals surface area contributed by atoms with Crippen LogP contribution in [-0.4, -0.2) is 69.5 Å². The van der Waals surface area contributed by atoms with Gasteiger partial charge in [-0.25, -0.2) is 9.59 Å². The molecule has 150 valence electrons. The van der Waals surface area contributed by atoms with Crippen molar-refractivity contribution in [2.45, 2.75) is 25.9 Å². The van der Waals surface area contributed by atoms with Crippen LogP contribution in [0.2, 0.25) is 0 Å². The fourth-order valence-corrected chi connectivity index (χ4v) is 3.86. The maximum Gasteiger partial charge on any atom is 0.421 e. The summed E-state index contributed by atoms with van der Waals surface area (Å²) in [5, 5.41) is 11.0. The summed E-state index contributed by atoms with van der Waals surface area (Å²) < 4.78 is 6.61. The minimum atomic E-state index is -0.540. The molecule has 2 aromatic rings. The molecule has 0 saturated carbocycles. The molecule has 0 atom stereocenters. The van der Waals surface area contributed by atoms with E-state index >= 15 is 0 Å². The van der Waals surface area contributed by atoms with Crippen molar-refractivity contribution < 1.29 is 14.1 Å². The maximum atomic E-state index is 12.6.